The van der Waals surface area contributed by atoms with Crippen LogP contribution in [0.25, 0.3) is 0 Å². The van der Waals surface area contributed by atoms with Gasteiger partial charge in [0.1, 0.15) is 6.17 Å². The number of benzene rings is 1. The van der Waals surface area contributed by atoms with Crippen molar-refractivity contribution in [3.63, 3.8) is 0 Å². The molecule has 60 valence electrons. The van der Waals surface area contributed by atoms with E-state index in [9.17, 15) is 4.39 Å². The first-order valence-electron chi connectivity index (χ1n) is 3.66. The highest BCUT2D eigenvalue weighted by Gasteiger charge is 2.12. The van der Waals surface area contributed by atoms with E-state index in [1.165, 1.54) is 0 Å². The Kier molecular flexibility index (Phi) is 2.60. The van der Waals surface area contributed by atoms with Crippen molar-refractivity contribution < 1.29 is 4.39 Å². The SMILES string of the molecule is C[C@@H](N)[C@@H](F)c1ccccc1. The fourth-order valence-electron chi connectivity index (χ4n) is 0.940. The summed E-state index contributed by atoms with van der Waals surface area (Å²) in [7, 11) is 0. The second-order valence-electron chi connectivity index (χ2n) is 2.67. The molecular weight excluding hydrogens is 141 g/mol. The van der Waals surface area contributed by atoms with Crippen LogP contribution >= 0.6 is 0 Å². The van der Waals surface area contributed by atoms with Gasteiger partial charge in [0.05, 0.1) is 0 Å². The molecule has 2 atom stereocenters. The Bertz CT molecular complexity index is 208. The minimum atomic E-state index is -1.05. The Morgan fingerprint density at radius 2 is 1.82 bits per heavy atom. The first-order valence-corrected chi connectivity index (χ1v) is 3.66. The lowest BCUT2D eigenvalue weighted by molar-refractivity contribution is 0.300. The van der Waals surface area contributed by atoms with Crippen molar-refractivity contribution >= 4 is 0 Å². The van der Waals surface area contributed by atoms with Gasteiger partial charge in [0.25, 0.3) is 0 Å². The molecule has 0 aliphatic heterocycles. The van der Waals surface area contributed by atoms with Gasteiger partial charge in [0, 0.05) is 6.04 Å². The van der Waals surface area contributed by atoms with Gasteiger partial charge in [0.15, 0.2) is 0 Å². The molecule has 0 saturated heterocycles. The molecule has 11 heavy (non-hydrogen) atoms. The molecule has 0 amide bonds. The quantitative estimate of drug-likeness (QED) is 0.691. The second-order valence-corrected chi connectivity index (χ2v) is 2.67. The summed E-state index contributed by atoms with van der Waals surface area (Å²) in [6, 6.07) is 8.53. The Hall–Kier alpha value is -0.890. The highest BCUT2D eigenvalue weighted by atomic mass is 19.1. The number of hydrogen-bond donors (Lipinski definition) is 1. The first kappa shape index (κ1) is 8.21. The van der Waals surface area contributed by atoms with Crippen molar-refractivity contribution in [2.45, 2.75) is 19.1 Å². The smallest absolute Gasteiger partial charge is 0.140 e. The maximum absolute atomic E-state index is 13.1. The Morgan fingerprint density at radius 1 is 1.27 bits per heavy atom. The van der Waals surface area contributed by atoms with Crippen LogP contribution in [0.15, 0.2) is 30.3 Å². The van der Waals surface area contributed by atoms with Crippen LogP contribution in [0, 0.1) is 0 Å². The average molecular weight is 153 g/mol. The van der Waals surface area contributed by atoms with Gasteiger partial charge in [-0.1, -0.05) is 30.3 Å². The second kappa shape index (κ2) is 3.49. The van der Waals surface area contributed by atoms with Gasteiger partial charge in [-0.25, -0.2) is 4.39 Å². The largest absolute Gasteiger partial charge is 0.325 e. The van der Waals surface area contributed by atoms with Gasteiger partial charge in [-0.05, 0) is 12.5 Å². The normalized spacial score (nSPS) is 15.9. The standard InChI is InChI=1S/C9H12FN/c1-7(11)9(10)8-5-3-2-4-6-8/h2-7,9H,11H2,1H3/t7-,9-/m1/s1. The Balaban J connectivity index is 2.77. The summed E-state index contributed by atoms with van der Waals surface area (Å²) in [5.74, 6) is 0. The fourth-order valence-corrected chi connectivity index (χ4v) is 0.940. The zero-order valence-corrected chi connectivity index (χ0v) is 6.50. The van der Waals surface area contributed by atoms with Crippen LogP contribution in [0.4, 0.5) is 4.39 Å². The van der Waals surface area contributed by atoms with Gasteiger partial charge in [0.2, 0.25) is 0 Å². The third kappa shape index (κ3) is 2.02. The van der Waals surface area contributed by atoms with Crippen LogP contribution in [-0.4, -0.2) is 6.04 Å². The molecular formula is C9H12FN. The number of alkyl halides is 1. The molecule has 0 fully saturated rings. The zero-order chi connectivity index (χ0) is 8.27. The lowest BCUT2D eigenvalue weighted by Crippen LogP contribution is -2.21. The van der Waals surface area contributed by atoms with Crippen LogP contribution in [0.3, 0.4) is 0 Å². The molecule has 0 heterocycles. The van der Waals surface area contributed by atoms with Crippen LogP contribution < -0.4 is 5.73 Å². The molecule has 0 radical (unpaired) electrons. The van der Waals surface area contributed by atoms with Crippen LogP contribution in [0.2, 0.25) is 0 Å². The van der Waals surface area contributed by atoms with E-state index >= 15 is 0 Å². The van der Waals surface area contributed by atoms with E-state index in [2.05, 4.69) is 0 Å². The van der Waals surface area contributed by atoms with Crippen LogP contribution in [-0.2, 0) is 0 Å². The van der Waals surface area contributed by atoms with E-state index in [1.54, 1.807) is 19.1 Å². The summed E-state index contributed by atoms with van der Waals surface area (Å²) in [4.78, 5) is 0. The average Bonchev–Trinajstić information content (AvgIpc) is 2.05. The molecule has 1 nitrogen and oxygen atoms in total. The summed E-state index contributed by atoms with van der Waals surface area (Å²) in [5, 5.41) is 0. The number of halogens is 1. The topological polar surface area (TPSA) is 26.0 Å². The summed E-state index contributed by atoms with van der Waals surface area (Å²) in [6.07, 6.45) is -1.05. The summed E-state index contributed by atoms with van der Waals surface area (Å²) < 4.78 is 13.1. The molecule has 0 saturated carbocycles. The van der Waals surface area contributed by atoms with E-state index in [-0.39, 0.29) is 0 Å². The maximum Gasteiger partial charge on any atom is 0.140 e. The maximum atomic E-state index is 13.1. The molecule has 0 aromatic heterocycles. The lowest BCUT2D eigenvalue weighted by atomic mass is 10.1. The van der Waals surface area contributed by atoms with Crippen LogP contribution in [0.5, 0.6) is 0 Å². The highest BCUT2D eigenvalue weighted by molar-refractivity contribution is 5.18. The molecule has 2 N–H and O–H groups in total. The molecule has 1 aromatic rings. The van der Waals surface area contributed by atoms with Gasteiger partial charge >= 0.3 is 0 Å². The van der Waals surface area contributed by atoms with Crippen molar-refractivity contribution in [2.24, 2.45) is 5.73 Å². The molecule has 0 spiro atoms. The minimum absolute atomic E-state index is 0.433. The van der Waals surface area contributed by atoms with Crippen molar-refractivity contribution in [2.75, 3.05) is 0 Å². The predicted molar refractivity (Wildman–Crippen MR) is 43.9 cm³/mol. The summed E-state index contributed by atoms with van der Waals surface area (Å²) in [5.41, 5.74) is 6.05. The van der Waals surface area contributed by atoms with Crippen LogP contribution in [0.1, 0.15) is 18.7 Å². The van der Waals surface area contributed by atoms with Crippen molar-refractivity contribution in [3.05, 3.63) is 35.9 Å². The van der Waals surface area contributed by atoms with E-state index in [4.69, 9.17) is 5.73 Å². The molecule has 1 aromatic carbocycles. The summed E-state index contributed by atoms with van der Waals surface area (Å²) >= 11 is 0. The Labute approximate surface area is 66.0 Å². The molecule has 1 rings (SSSR count). The van der Waals surface area contributed by atoms with E-state index in [0.717, 1.165) is 0 Å². The van der Waals surface area contributed by atoms with E-state index < -0.39 is 12.2 Å². The van der Waals surface area contributed by atoms with Crippen molar-refractivity contribution in [1.82, 2.24) is 0 Å². The molecule has 0 unspecified atom stereocenters. The number of nitrogens with two attached hydrogens (primary N) is 1. The fraction of sp³-hybridized carbons (Fsp3) is 0.333. The number of rotatable bonds is 2. The van der Waals surface area contributed by atoms with Gasteiger partial charge in [-0.3, -0.25) is 0 Å². The van der Waals surface area contributed by atoms with Crippen molar-refractivity contribution in [3.8, 4) is 0 Å². The number of hydrogen-bond acceptors (Lipinski definition) is 1. The third-order valence-corrected chi connectivity index (χ3v) is 1.58. The van der Waals surface area contributed by atoms with E-state index in [1.807, 2.05) is 18.2 Å². The Morgan fingerprint density at radius 3 is 2.27 bits per heavy atom. The van der Waals surface area contributed by atoms with Crippen molar-refractivity contribution in [1.29, 1.82) is 0 Å². The summed E-state index contributed by atoms with van der Waals surface area (Å²) in [6.45, 7) is 1.66. The molecule has 0 aliphatic carbocycles. The van der Waals surface area contributed by atoms with Gasteiger partial charge in [-0.2, -0.15) is 0 Å². The van der Waals surface area contributed by atoms with Gasteiger partial charge in [-0.15, -0.1) is 0 Å². The zero-order valence-electron chi connectivity index (χ0n) is 6.50. The molecule has 0 aliphatic rings. The first-order chi connectivity index (χ1) is 5.22. The molecule has 0 bridgehead atoms. The van der Waals surface area contributed by atoms with E-state index in [0.29, 0.717) is 5.56 Å². The molecule has 2 heteroatoms. The third-order valence-electron chi connectivity index (χ3n) is 1.58. The monoisotopic (exact) mass is 153 g/mol. The van der Waals surface area contributed by atoms with Gasteiger partial charge < -0.3 is 5.73 Å². The minimum Gasteiger partial charge on any atom is -0.325 e. The highest BCUT2D eigenvalue weighted by Crippen LogP contribution is 2.18. The lowest BCUT2D eigenvalue weighted by Gasteiger charge is -2.11. The predicted octanol–water partition coefficient (Wildman–Crippen LogP) is 2.04.